The van der Waals surface area contributed by atoms with Crippen molar-refractivity contribution in [2.24, 2.45) is 0 Å². The summed E-state index contributed by atoms with van der Waals surface area (Å²) in [6.07, 6.45) is 0. The Labute approximate surface area is 103 Å². The smallest absolute Gasteiger partial charge is 0.238 e. The lowest BCUT2D eigenvalue weighted by Crippen LogP contribution is -2.07. The van der Waals surface area contributed by atoms with Gasteiger partial charge in [-0.2, -0.15) is 5.10 Å². The molecule has 0 atom stereocenters. The lowest BCUT2D eigenvalue weighted by Gasteiger charge is -2.05. The SMILES string of the molecule is CNCc1ccc(Oc2cc(F)cc(F)c2)nn1. The quantitative estimate of drug-likeness (QED) is 0.905. The second kappa shape index (κ2) is 5.50. The third-order valence-corrected chi connectivity index (χ3v) is 2.11. The first-order valence-electron chi connectivity index (χ1n) is 5.28. The van der Waals surface area contributed by atoms with Crippen molar-refractivity contribution < 1.29 is 13.5 Å². The molecule has 6 heteroatoms. The lowest BCUT2D eigenvalue weighted by atomic mass is 10.3. The molecule has 0 amide bonds. The van der Waals surface area contributed by atoms with E-state index < -0.39 is 11.6 Å². The number of rotatable bonds is 4. The van der Waals surface area contributed by atoms with E-state index in [4.69, 9.17) is 4.74 Å². The maximum atomic E-state index is 12.9. The van der Waals surface area contributed by atoms with Gasteiger partial charge in [-0.15, -0.1) is 5.10 Å². The molecular formula is C12H11F2N3O. The Bertz CT molecular complexity index is 511. The van der Waals surface area contributed by atoms with Crippen LogP contribution in [0.15, 0.2) is 30.3 Å². The van der Waals surface area contributed by atoms with Crippen LogP contribution in [0.25, 0.3) is 0 Å². The van der Waals surface area contributed by atoms with E-state index in [1.54, 1.807) is 19.2 Å². The van der Waals surface area contributed by atoms with Crippen LogP contribution in [0.3, 0.4) is 0 Å². The van der Waals surface area contributed by atoms with Gasteiger partial charge in [0.15, 0.2) is 0 Å². The molecule has 4 nitrogen and oxygen atoms in total. The van der Waals surface area contributed by atoms with Crippen molar-refractivity contribution in [2.75, 3.05) is 7.05 Å². The molecule has 0 aliphatic carbocycles. The highest BCUT2D eigenvalue weighted by atomic mass is 19.1. The van der Waals surface area contributed by atoms with E-state index in [0.29, 0.717) is 6.54 Å². The molecule has 1 heterocycles. The zero-order chi connectivity index (χ0) is 13.0. The number of halogens is 2. The van der Waals surface area contributed by atoms with E-state index in [-0.39, 0.29) is 11.6 Å². The predicted octanol–water partition coefficient (Wildman–Crippen LogP) is 2.27. The summed E-state index contributed by atoms with van der Waals surface area (Å²) in [7, 11) is 1.79. The molecule has 0 aliphatic heterocycles. The molecule has 1 aromatic carbocycles. The maximum Gasteiger partial charge on any atom is 0.238 e. The molecule has 0 aliphatic rings. The number of benzene rings is 1. The fraction of sp³-hybridized carbons (Fsp3) is 0.167. The average Bonchev–Trinajstić information content (AvgIpc) is 2.31. The Morgan fingerprint density at radius 3 is 2.39 bits per heavy atom. The van der Waals surface area contributed by atoms with E-state index in [0.717, 1.165) is 23.9 Å². The zero-order valence-corrected chi connectivity index (χ0v) is 9.65. The van der Waals surface area contributed by atoms with Crippen molar-refractivity contribution in [3.05, 3.63) is 47.7 Å². The number of ether oxygens (including phenoxy) is 1. The van der Waals surface area contributed by atoms with E-state index in [2.05, 4.69) is 15.5 Å². The van der Waals surface area contributed by atoms with Gasteiger partial charge in [-0.25, -0.2) is 8.78 Å². The Kier molecular flexibility index (Phi) is 3.78. The third kappa shape index (κ3) is 3.21. The molecule has 0 saturated carbocycles. The van der Waals surface area contributed by atoms with E-state index in [1.807, 2.05) is 0 Å². The van der Waals surface area contributed by atoms with Gasteiger partial charge in [-0.05, 0) is 13.1 Å². The molecule has 0 fully saturated rings. The second-order valence-electron chi connectivity index (χ2n) is 3.60. The molecule has 2 rings (SSSR count). The van der Waals surface area contributed by atoms with Crippen molar-refractivity contribution in [1.29, 1.82) is 0 Å². The van der Waals surface area contributed by atoms with Crippen molar-refractivity contribution >= 4 is 0 Å². The monoisotopic (exact) mass is 251 g/mol. The fourth-order valence-electron chi connectivity index (χ4n) is 1.39. The summed E-state index contributed by atoms with van der Waals surface area (Å²) < 4.78 is 31.1. The van der Waals surface area contributed by atoms with Crippen LogP contribution >= 0.6 is 0 Å². The zero-order valence-electron chi connectivity index (χ0n) is 9.65. The number of nitrogens with zero attached hydrogens (tertiary/aromatic N) is 2. The molecule has 0 spiro atoms. The first kappa shape index (κ1) is 12.4. The van der Waals surface area contributed by atoms with E-state index >= 15 is 0 Å². The molecule has 0 unspecified atom stereocenters. The van der Waals surface area contributed by atoms with Gasteiger partial charge in [0.2, 0.25) is 5.88 Å². The summed E-state index contributed by atoms with van der Waals surface area (Å²) in [6.45, 7) is 0.585. The van der Waals surface area contributed by atoms with Crippen molar-refractivity contribution in [3.63, 3.8) is 0 Å². The van der Waals surface area contributed by atoms with Gasteiger partial charge in [-0.1, -0.05) is 0 Å². The number of hydrogen-bond donors (Lipinski definition) is 1. The molecule has 1 N–H and O–H groups in total. The first-order chi connectivity index (χ1) is 8.67. The van der Waals surface area contributed by atoms with E-state index in [1.165, 1.54) is 0 Å². The first-order valence-corrected chi connectivity index (χ1v) is 5.28. The van der Waals surface area contributed by atoms with Crippen LogP contribution in [0.5, 0.6) is 11.6 Å². The van der Waals surface area contributed by atoms with Gasteiger partial charge in [0.05, 0.1) is 5.69 Å². The number of hydrogen-bond acceptors (Lipinski definition) is 4. The molecular weight excluding hydrogens is 240 g/mol. The van der Waals surface area contributed by atoms with Crippen LogP contribution in [0.2, 0.25) is 0 Å². The molecule has 1 aromatic heterocycles. The molecule has 18 heavy (non-hydrogen) atoms. The summed E-state index contributed by atoms with van der Waals surface area (Å²) in [5.41, 5.74) is 0.746. The van der Waals surface area contributed by atoms with Crippen LogP contribution in [0.4, 0.5) is 8.78 Å². The molecule has 0 saturated heterocycles. The molecule has 94 valence electrons. The van der Waals surface area contributed by atoms with Crippen LogP contribution in [-0.2, 0) is 6.54 Å². The number of nitrogens with one attached hydrogen (secondary N) is 1. The summed E-state index contributed by atoms with van der Waals surface area (Å²) in [5.74, 6) is -1.18. The van der Waals surface area contributed by atoms with Gasteiger partial charge in [0.25, 0.3) is 0 Å². The lowest BCUT2D eigenvalue weighted by molar-refractivity contribution is 0.443. The van der Waals surface area contributed by atoms with Gasteiger partial charge in [-0.3, -0.25) is 0 Å². The highest BCUT2D eigenvalue weighted by Crippen LogP contribution is 2.21. The normalized spacial score (nSPS) is 10.4. The second-order valence-corrected chi connectivity index (χ2v) is 3.60. The molecule has 0 radical (unpaired) electrons. The topological polar surface area (TPSA) is 47.0 Å². The minimum atomic E-state index is -0.704. The highest BCUT2D eigenvalue weighted by Gasteiger charge is 2.04. The van der Waals surface area contributed by atoms with Crippen molar-refractivity contribution in [1.82, 2.24) is 15.5 Å². The predicted molar refractivity (Wildman–Crippen MR) is 61.2 cm³/mol. The molecule has 0 bridgehead atoms. The van der Waals surface area contributed by atoms with Crippen LogP contribution < -0.4 is 10.1 Å². The molecule has 2 aromatic rings. The van der Waals surface area contributed by atoms with Gasteiger partial charge in [0.1, 0.15) is 17.4 Å². The maximum absolute atomic E-state index is 12.9. The Balaban J connectivity index is 2.13. The minimum absolute atomic E-state index is 0.0446. The minimum Gasteiger partial charge on any atom is -0.437 e. The highest BCUT2D eigenvalue weighted by molar-refractivity contribution is 5.28. The Hall–Kier alpha value is -2.08. The average molecular weight is 251 g/mol. The Morgan fingerprint density at radius 2 is 1.83 bits per heavy atom. The van der Waals surface area contributed by atoms with Crippen molar-refractivity contribution in [3.8, 4) is 11.6 Å². The summed E-state index contributed by atoms with van der Waals surface area (Å²) in [5, 5.41) is 10.6. The Morgan fingerprint density at radius 1 is 1.11 bits per heavy atom. The summed E-state index contributed by atoms with van der Waals surface area (Å²) >= 11 is 0. The van der Waals surface area contributed by atoms with Crippen LogP contribution in [0.1, 0.15) is 5.69 Å². The number of aromatic nitrogens is 2. The van der Waals surface area contributed by atoms with Gasteiger partial charge in [0, 0.05) is 30.8 Å². The summed E-state index contributed by atoms with van der Waals surface area (Å²) in [6, 6.07) is 6.23. The van der Waals surface area contributed by atoms with E-state index in [9.17, 15) is 8.78 Å². The standard InChI is InChI=1S/C12H11F2N3O/c1-15-7-10-2-3-12(17-16-10)18-11-5-8(13)4-9(14)6-11/h2-6,15H,7H2,1H3. The van der Waals surface area contributed by atoms with Crippen LogP contribution in [-0.4, -0.2) is 17.2 Å². The largest absolute Gasteiger partial charge is 0.437 e. The third-order valence-electron chi connectivity index (χ3n) is 2.11. The summed E-state index contributed by atoms with van der Waals surface area (Å²) in [4.78, 5) is 0. The fourth-order valence-corrected chi connectivity index (χ4v) is 1.39. The van der Waals surface area contributed by atoms with Gasteiger partial charge >= 0.3 is 0 Å². The van der Waals surface area contributed by atoms with Gasteiger partial charge < -0.3 is 10.1 Å². The van der Waals surface area contributed by atoms with Crippen molar-refractivity contribution in [2.45, 2.75) is 6.54 Å². The van der Waals surface area contributed by atoms with Crippen LogP contribution in [0, 0.1) is 11.6 Å².